The second-order valence-electron chi connectivity index (χ2n) is 6.61. The Morgan fingerprint density at radius 2 is 1.83 bits per heavy atom. The minimum Gasteiger partial charge on any atom is -0.494 e. The lowest BCUT2D eigenvalue weighted by Crippen LogP contribution is -2.47. The minimum absolute atomic E-state index is 0.132. The van der Waals surface area contributed by atoms with E-state index in [1.807, 2.05) is 6.92 Å². The van der Waals surface area contributed by atoms with Crippen LogP contribution in [0.4, 0.5) is 17.1 Å². The summed E-state index contributed by atoms with van der Waals surface area (Å²) in [5, 5.41) is 13.8. The van der Waals surface area contributed by atoms with Gasteiger partial charge in [0.1, 0.15) is 11.8 Å². The van der Waals surface area contributed by atoms with Gasteiger partial charge in [-0.1, -0.05) is 13.0 Å². The molecule has 0 radical (unpaired) electrons. The van der Waals surface area contributed by atoms with Crippen LogP contribution in [0.3, 0.4) is 0 Å². The van der Waals surface area contributed by atoms with Crippen LogP contribution >= 0.6 is 0 Å². The summed E-state index contributed by atoms with van der Waals surface area (Å²) in [5.74, 6) is -0.000159. The molecule has 0 aliphatic carbocycles. The van der Waals surface area contributed by atoms with E-state index in [1.54, 1.807) is 31.2 Å². The fraction of sp³-hybridized carbons (Fsp3) is 0.350. The molecule has 10 heteroatoms. The molecule has 2 aromatic carbocycles. The maximum Gasteiger partial charge on any atom is 0.274 e. The summed E-state index contributed by atoms with van der Waals surface area (Å²) in [6.07, 6.45) is 1.22. The Morgan fingerprint density at radius 3 is 2.33 bits per heavy atom. The first kappa shape index (κ1) is 23.1. The van der Waals surface area contributed by atoms with Crippen LogP contribution in [0.15, 0.2) is 42.5 Å². The molecule has 0 aliphatic heterocycles. The Kier molecular flexibility index (Phi) is 7.38. The third-order valence-corrected chi connectivity index (χ3v) is 5.67. The number of nitrogens with one attached hydrogen (secondary N) is 1. The van der Waals surface area contributed by atoms with Gasteiger partial charge in [-0.15, -0.1) is 0 Å². The number of hydrogen-bond donors (Lipinski definition) is 1. The first-order chi connectivity index (χ1) is 14.1. The first-order valence-electron chi connectivity index (χ1n) is 9.37. The van der Waals surface area contributed by atoms with Gasteiger partial charge in [0.05, 0.1) is 34.7 Å². The van der Waals surface area contributed by atoms with Gasteiger partial charge in [0.15, 0.2) is 0 Å². The number of ether oxygens (including phenoxy) is 1. The average molecular weight is 436 g/mol. The van der Waals surface area contributed by atoms with Gasteiger partial charge in [0.2, 0.25) is 15.9 Å². The van der Waals surface area contributed by atoms with Crippen molar-refractivity contribution in [1.29, 1.82) is 0 Å². The van der Waals surface area contributed by atoms with E-state index in [-0.39, 0.29) is 23.4 Å². The molecule has 0 spiro atoms. The first-order valence-corrected chi connectivity index (χ1v) is 11.2. The van der Waals surface area contributed by atoms with Crippen LogP contribution in [0.25, 0.3) is 0 Å². The van der Waals surface area contributed by atoms with Crippen molar-refractivity contribution in [3.8, 4) is 5.75 Å². The van der Waals surface area contributed by atoms with Crippen molar-refractivity contribution in [2.75, 3.05) is 22.5 Å². The number of nitrogens with zero attached hydrogens (tertiary/aromatic N) is 2. The standard InChI is InChI=1S/C20H25N3O6S/c1-5-18(20(24)21-17-8-7-9-19(14(17)3)23(25)26)22(30(4,27)28)15-10-12-16(13-11-15)29-6-2/h7-13,18H,5-6H2,1-4H3,(H,21,24). The summed E-state index contributed by atoms with van der Waals surface area (Å²) in [6.45, 7) is 5.52. The fourth-order valence-electron chi connectivity index (χ4n) is 3.09. The lowest BCUT2D eigenvalue weighted by Gasteiger charge is -2.30. The molecule has 9 nitrogen and oxygen atoms in total. The maximum absolute atomic E-state index is 13.0. The fourth-order valence-corrected chi connectivity index (χ4v) is 4.30. The highest BCUT2D eigenvalue weighted by molar-refractivity contribution is 7.92. The van der Waals surface area contributed by atoms with Gasteiger partial charge in [-0.2, -0.15) is 0 Å². The zero-order valence-electron chi connectivity index (χ0n) is 17.3. The molecule has 2 aromatic rings. The lowest BCUT2D eigenvalue weighted by atomic mass is 10.1. The van der Waals surface area contributed by atoms with Crippen LogP contribution in [0, 0.1) is 17.0 Å². The summed E-state index contributed by atoms with van der Waals surface area (Å²) in [5.41, 5.74) is 0.733. The molecule has 30 heavy (non-hydrogen) atoms. The van der Waals surface area contributed by atoms with Gasteiger partial charge in [-0.05, 0) is 50.6 Å². The van der Waals surface area contributed by atoms with Crippen LogP contribution in [0.2, 0.25) is 0 Å². The van der Waals surface area contributed by atoms with E-state index >= 15 is 0 Å². The average Bonchev–Trinajstić information content (AvgIpc) is 2.67. The predicted molar refractivity (Wildman–Crippen MR) is 115 cm³/mol. The highest BCUT2D eigenvalue weighted by Crippen LogP contribution is 2.28. The summed E-state index contributed by atoms with van der Waals surface area (Å²) in [6, 6.07) is 9.69. The van der Waals surface area contributed by atoms with Crippen molar-refractivity contribution >= 4 is 33.0 Å². The van der Waals surface area contributed by atoms with Gasteiger partial charge in [-0.3, -0.25) is 19.2 Å². The number of carbonyl (C=O) groups is 1. The van der Waals surface area contributed by atoms with Crippen molar-refractivity contribution in [2.24, 2.45) is 0 Å². The van der Waals surface area contributed by atoms with E-state index in [9.17, 15) is 23.3 Å². The van der Waals surface area contributed by atoms with E-state index in [4.69, 9.17) is 4.74 Å². The van der Waals surface area contributed by atoms with Crippen molar-refractivity contribution in [2.45, 2.75) is 33.2 Å². The number of rotatable bonds is 9. The van der Waals surface area contributed by atoms with E-state index in [2.05, 4.69) is 5.32 Å². The Morgan fingerprint density at radius 1 is 1.20 bits per heavy atom. The second-order valence-corrected chi connectivity index (χ2v) is 8.47. The molecule has 2 rings (SSSR count). The van der Waals surface area contributed by atoms with Crippen molar-refractivity contribution in [1.82, 2.24) is 0 Å². The van der Waals surface area contributed by atoms with Gasteiger partial charge >= 0.3 is 0 Å². The van der Waals surface area contributed by atoms with Crippen LogP contribution in [-0.2, 0) is 14.8 Å². The monoisotopic (exact) mass is 435 g/mol. The quantitative estimate of drug-likeness (QED) is 0.476. The summed E-state index contributed by atoms with van der Waals surface area (Å²) < 4.78 is 31.5. The third-order valence-electron chi connectivity index (χ3n) is 4.49. The smallest absolute Gasteiger partial charge is 0.274 e. The second kappa shape index (κ2) is 9.57. The van der Waals surface area contributed by atoms with Crippen LogP contribution < -0.4 is 14.4 Å². The van der Waals surface area contributed by atoms with Gasteiger partial charge in [-0.25, -0.2) is 8.42 Å². The Balaban J connectivity index is 2.39. The van der Waals surface area contributed by atoms with Gasteiger partial charge in [0, 0.05) is 6.07 Å². The number of amides is 1. The highest BCUT2D eigenvalue weighted by atomic mass is 32.2. The number of sulfonamides is 1. The topological polar surface area (TPSA) is 119 Å². The molecule has 162 valence electrons. The van der Waals surface area contributed by atoms with Crippen LogP contribution in [-0.4, -0.2) is 38.2 Å². The molecule has 0 saturated heterocycles. The molecule has 0 bridgehead atoms. The van der Waals surface area contributed by atoms with Gasteiger partial charge in [0.25, 0.3) is 5.69 Å². The zero-order chi connectivity index (χ0) is 22.5. The number of anilines is 2. The number of nitro groups is 1. The van der Waals surface area contributed by atoms with Crippen LogP contribution in [0.5, 0.6) is 5.75 Å². The summed E-state index contributed by atoms with van der Waals surface area (Å²) >= 11 is 0. The summed E-state index contributed by atoms with van der Waals surface area (Å²) in [7, 11) is -3.80. The van der Waals surface area contributed by atoms with Crippen molar-refractivity contribution < 1.29 is 22.9 Å². The molecule has 0 saturated carbocycles. The third kappa shape index (κ3) is 5.26. The SMILES string of the molecule is CCOc1ccc(N(C(CC)C(=O)Nc2cccc([N+](=O)[O-])c2C)S(C)(=O)=O)cc1. The predicted octanol–water partition coefficient (Wildman–Crippen LogP) is 3.49. The van der Waals surface area contributed by atoms with Crippen molar-refractivity contribution in [3.05, 3.63) is 58.1 Å². The van der Waals surface area contributed by atoms with E-state index < -0.39 is 26.9 Å². The molecule has 1 unspecified atom stereocenters. The zero-order valence-corrected chi connectivity index (χ0v) is 18.1. The van der Waals surface area contributed by atoms with Gasteiger partial charge < -0.3 is 10.1 Å². The number of nitro benzene ring substituents is 1. The number of carbonyl (C=O) groups excluding carboxylic acids is 1. The molecular formula is C20H25N3O6S. The van der Waals surface area contributed by atoms with E-state index in [0.717, 1.165) is 10.6 Å². The molecule has 1 atom stereocenters. The molecule has 0 aromatic heterocycles. The Labute approximate surface area is 175 Å². The molecule has 0 fully saturated rings. The lowest BCUT2D eigenvalue weighted by molar-refractivity contribution is -0.385. The molecule has 1 amide bonds. The molecule has 0 aliphatic rings. The van der Waals surface area contributed by atoms with Crippen LogP contribution in [0.1, 0.15) is 25.8 Å². The van der Waals surface area contributed by atoms with Crippen molar-refractivity contribution in [3.63, 3.8) is 0 Å². The van der Waals surface area contributed by atoms with E-state index in [0.29, 0.717) is 18.0 Å². The normalized spacial score (nSPS) is 12.1. The minimum atomic E-state index is -3.80. The number of hydrogen-bond acceptors (Lipinski definition) is 6. The maximum atomic E-state index is 13.0. The Hall–Kier alpha value is -3.14. The molecular weight excluding hydrogens is 410 g/mol. The van der Waals surface area contributed by atoms with E-state index in [1.165, 1.54) is 25.1 Å². The number of benzene rings is 2. The molecule has 0 heterocycles. The largest absolute Gasteiger partial charge is 0.494 e. The Bertz CT molecular complexity index is 1020. The summed E-state index contributed by atoms with van der Waals surface area (Å²) in [4.78, 5) is 23.6. The molecule has 1 N–H and O–H groups in total. The highest BCUT2D eigenvalue weighted by Gasteiger charge is 2.32.